The molecule has 0 saturated carbocycles. The van der Waals surface area contributed by atoms with Crippen molar-refractivity contribution in [1.82, 2.24) is 9.80 Å². The van der Waals surface area contributed by atoms with E-state index in [0.717, 1.165) is 31.9 Å². The van der Waals surface area contributed by atoms with Gasteiger partial charge in [-0.05, 0) is 18.7 Å². The minimum absolute atomic E-state index is 0.230. The molecular weight excluding hydrogens is 200 g/mol. The van der Waals surface area contributed by atoms with Gasteiger partial charge in [0.05, 0.1) is 7.11 Å². The lowest BCUT2D eigenvalue weighted by Crippen LogP contribution is -2.36. The first-order valence-electron chi connectivity index (χ1n) is 4.79. The topological polar surface area (TPSA) is 32.8 Å². The standard InChI is InChI=1S/C9H18N2O2S/c1-10-3-4-11(9(12)13-2)6-8(5-10)7-14/h8,14H,3-7H2,1-2H3. The van der Waals surface area contributed by atoms with Crippen molar-refractivity contribution in [1.29, 1.82) is 0 Å². The summed E-state index contributed by atoms with van der Waals surface area (Å²) in [7, 11) is 3.49. The van der Waals surface area contributed by atoms with Crippen molar-refractivity contribution in [2.24, 2.45) is 5.92 Å². The number of thiol groups is 1. The Bertz CT molecular complexity index is 201. The minimum Gasteiger partial charge on any atom is -0.453 e. The molecule has 1 fully saturated rings. The maximum Gasteiger partial charge on any atom is 0.409 e. The molecule has 82 valence electrons. The van der Waals surface area contributed by atoms with Crippen LogP contribution in [0.4, 0.5) is 4.79 Å². The normalized spacial score (nSPS) is 24.5. The molecule has 1 heterocycles. The fourth-order valence-electron chi connectivity index (χ4n) is 1.69. The van der Waals surface area contributed by atoms with Crippen LogP contribution in [-0.4, -0.2) is 62.0 Å². The van der Waals surface area contributed by atoms with E-state index in [4.69, 9.17) is 4.74 Å². The molecule has 0 aliphatic carbocycles. The van der Waals surface area contributed by atoms with Gasteiger partial charge in [0, 0.05) is 26.2 Å². The Morgan fingerprint density at radius 1 is 1.50 bits per heavy atom. The fourth-order valence-corrected chi connectivity index (χ4v) is 1.93. The summed E-state index contributed by atoms with van der Waals surface area (Å²) < 4.78 is 4.72. The van der Waals surface area contributed by atoms with Crippen LogP contribution in [0.5, 0.6) is 0 Å². The largest absolute Gasteiger partial charge is 0.453 e. The molecule has 14 heavy (non-hydrogen) atoms. The van der Waals surface area contributed by atoms with Crippen molar-refractivity contribution in [3.63, 3.8) is 0 Å². The Morgan fingerprint density at radius 3 is 2.79 bits per heavy atom. The second-order valence-electron chi connectivity index (χ2n) is 3.73. The van der Waals surface area contributed by atoms with Crippen LogP contribution in [0.25, 0.3) is 0 Å². The van der Waals surface area contributed by atoms with Crippen LogP contribution in [0.15, 0.2) is 0 Å². The van der Waals surface area contributed by atoms with Crippen molar-refractivity contribution in [2.45, 2.75) is 0 Å². The molecule has 5 heteroatoms. The molecule has 1 atom stereocenters. The van der Waals surface area contributed by atoms with Gasteiger partial charge in [0.1, 0.15) is 0 Å². The van der Waals surface area contributed by atoms with Gasteiger partial charge in [-0.1, -0.05) is 0 Å². The minimum atomic E-state index is -0.230. The Kier molecular flexibility index (Phi) is 4.54. The van der Waals surface area contributed by atoms with Gasteiger partial charge in [0.25, 0.3) is 0 Å². The zero-order chi connectivity index (χ0) is 10.6. The second-order valence-corrected chi connectivity index (χ2v) is 4.09. The molecular formula is C9H18N2O2S. The van der Waals surface area contributed by atoms with E-state index >= 15 is 0 Å². The number of carbonyl (C=O) groups is 1. The maximum absolute atomic E-state index is 11.3. The SMILES string of the molecule is COC(=O)N1CCN(C)CC(CS)C1. The highest BCUT2D eigenvalue weighted by Crippen LogP contribution is 2.10. The first kappa shape index (κ1) is 11.7. The second kappa shape index (κ2) is 5.46. The van der Waals surface area contributed by atoms with E-state index in [9.17, 15) is 4.79 Å². The Labute approximate surface area is 90.6 Å². The van der Waals surface area contributed by atoms with Gasteiger partial charge in [0.15, 0.2) is 0 Å². The van der Waals surface area contributed by atoms with Gasteiger partial charge in [-0.3, -0.25) is 0 Å². The number of hydrogen-bond acceptors (Lipinski definition) is 4. The zero-order valence-electron chi connectivity index (χ0n) is 8.77. The highest BCUT2D eigenvalue weighted by Gasteiger charge is 2.23. The Morgan fingerprint density at radius 2 is 2.21 bits per heavy atom. The van der Waals surface area contributed by atoms with E-state index in [0.29, 0.717) is 5.92 Å². The molecule has 0 aromatic heterocycles. The van der Waals surface area contributed by atoms with Crippen LogP contribution in [0.3, 0.4) is 0 Å². The summed E-state index contributed by atoms with van der Waals surface area (Å²) >= 11 is 4.28. The highest BCUT2D eigenvalue weighted by molar-refractivity contribution is 7.80. The number of ether oxygens (including phenoxy) is 1. The van der Waals surface area contributed by atoms with Crippen molar-refractivity contribution in [3.05, 3.63) is 0 Å². The van der Waals surface area contributed by atoms with Crippen molar-refractivity contribution in [3.8, 4) is 0 Å². The number of methoxy groups -OCH3 is 1. The van der Waals surface area contributed by atoms with Crippen LogP contribution >= 0.6 is 12.6 Å². The van der Waals surface area contributed by atoms with E-state index in [1.807, 2.05) is 0 Å². The predicted molar refractivity (Wildman–Crippen MR) is 58.8 cm³/mol. The summed E-state index contributed by atoms with van der Waals surface area (Å²) in [6.07, 6.45) is -0.230. The molecule has 1 aliphatic heterocycles. The molecule has 4 nitrogen and oxygen atoms in total. The summed E-state index contributed by atoms with van der Waals surface area (Å²) in [5.74, 6) is 1.24. The van der Waals surface area contributed by atoms with E-state index < -0.39 is 0 Å². The monoisotopic (exact) mass is 218 g/mol. The van der Waals surface area contributed by atoms with Gasteiger partial charge in [-0.25, -0.2) is 4.79 Å². The predicted octanol–water partition coefficient (Wildman–Crippen LogP) is 0.546. The molecule has 0 N–H and O–H groups in total. The van der Waals surface area contributed by atoms with E-state index in [1.54, 1.807) is 4.90 Å². The lowest BCUT2D eigenvalue weighted by Gasteiger charge is -2.21. The Hall–Kier alpha value is -0.420. The number of rotatable bonds is 1. The molecule has 0 aromatic rings. The third kappa shape index (κ3) is 3.06. The van der Waals surface area contributed by atoms with Crippen LogP contribution in [0.1, 0.15) is 0 Å². The molecule has 1 aliphatic rings. The van der Waals surface area contributed by atoms with E-state index in [2.05, 4.69) is 24.6 Å². The van der Waals surface area contributed by atoms with Gasteiger partial charge in [0.2, 0.25) is 0 Å². The van der Waals surface area contributed by atoms with Crippen molar-refractivity contribution < 1.29 is 9.53 Å². The lowest BCUT2D eigenvalue weighted by molar-refractivity contribution is 0.122. The maximum atomic E-state index is 11.3. The van der Waals surface area contributed by atoms with Crippen LogP contribution in [-0.2, 0) is 4.74 Å². The average molecular weight is 218 g/mol. The smallest absolute Gasteiger partial charge is 0.409 e. The van der Waals surface area contributed by atoms with E-state index in [-0.39, 0.29) is 6.09 Å². The molecule has 0 radical (unpaired) electrons. The lowest BCUT2D eigenvalue weighted by atomic mass is 10.1. The average Bonchev–Trinajstić information content (AvgIpc) is 2.38. The third-order valence-corrected chi connectivity index (χ3v) is 3.01. The molecule has 0 spiro atoms. The van der Waals surface area contributed by atoms with Crippen LogP contribution in [0.2, 0.25) is 0 Å². The number of nitrogens with zero attached hydrogens (tertiary/aromatic N) is 2. The van der Waals surface area contributed by atoms with E-state index in [1.165, 1.54) is 7.11 Å². The molecule has 1 saturated heterocycles. The summed E-state index contributed by atoms with van der Waals surface area (Å²) in [5.41, 5.74) is 0. The molecule has 0 aromatic carbocycles. The zero-order valence-corrected chi connectivity index (χ0v) is 9.67. The van der Waals surface area contributed by atoms with Gasteiger partial charge in [-0.15, -0.1) is 0 Å². The van der Waals surface area contributed by atoms with Crippen molar-refractivity contribution in [2.75, 3.05) is 46.1 Å². The first-order valence-corrected chi connectivity index (χ1v) is 5.43. The number of carbonyl (C=O) groups excluding carboxylic acids is 1. The summed E-state index contributed by atoms with van der Waals surface area (Å²) in [6.45, 7) is 3.39. The van der Waals surface area contributed by atoms with Gasteiger partial charge >= 0.3 is 6.09 Å². The fraction of sp³-hybridized carbons (Fsp3) is 0.889. The number of hydrogen-bond donors (Lipinski definition) is 1. The number of amides is 1. The highest BCUT2D eigenvalue weighted by atomic mass is 32.1. The summed E-state index contributed by atoms with van der Waals surface area (Å²) in [6, 6.07) is 0. The molecule has 1 rings (SSSR count). The molecule has 0 bridgehead atoms. The molecule has 1 amide bonds. The summed E-state index contributed by atoms with van der Waals surface area (Å²) in [4.78, 5) is 15.3. The van der Waals surface area contributed by atoms with Crippen LogP contribution in [0, 0.1) is 5.92 Å². The van der Waals surface area contributed by atoms with Crippen molar-refractivity contribution >= 4 is 18.7 Å². The molecule has 1 unspecified atom stereocenters. The van der Waals surface area contributed by atoms with Crippen LogP contribution < -0.4 is 0 Å². The third-order valence-electron chi connectivity index (χ3n) is 2.49. The summed E-state index contributed by atoms with van der Waals surface area (Å²) in [5, 5.41) is 0. The van der Waals surface area contributed by atoms with Gasteiger partial charge in [-0.2, -0.15) is 12.6 Å². The Balaban J connectivity index is 2.56. The van der Waals surface area contributed by atoms with Gasteiger partial charge < -0.3 is 14.5 Å². The number of likely N-dealkylation sites (N-methyl/N-ethyl adjacent to an activating group) is 1. The quantitative estimate of drug-likeness (QED) is 0.652. The first-order chi connectivity index (χ1) is 6.67.